The van der Waals surface area contributed by atoms with Gasteiger partial charge in [0.25, 0.3) is 0 Å². The molecule has 1 unspecified atom stereocenters. The predicted molar refractivity (Wildman–Crippen MR) is 55.4 cm³/mol. The average Bonchev–Trinajstić information content (AvgIpc) is 2.31. The van der Waals surface area contributed by atoms with Gasteiger partial charge < -0.3 is 4.98 Å². The molecule has 12 heavy (non-hydrogen) atoms. The topological polar surface area (TPSA) is 15.8 Å². The minimum Gasteiger partial charge on any atom is -0.361 e. The normalized spacial score (nSPS) is 26.8. The second kappa shape index (κ2) is 2.63. The van der Waals surface area contributed by atoms with Crippen LogP contribution in [0.3, 0.4) is 0 Å². The number of aromatic nitrogens is 1. The molecule has 0 saturated heterocycles. The molecule has 62 valence electrons. The van der Waals surface area contributed by atoms with Gasteiger partial charge in [-0.1, -0.05) is 34.2 Å². The molecule has 1 N–H and O–H groups in total. The van der Waals surface area contributed by atoms with Gasteiger partial charge in [0.15, 0.2) is 0 Å². The smallest absolute Gasteiger partial charge is 0.0600 e. The van der Waals surface area contributed by atoms with E-state index in [9.17, 15) is 0 Å². The fourth-order valence-electron chi connectivity index (χ4n) is 1.35. The quantitative estimate of drug-likeness (QED) is 0.639. The van der Waals surface area contributed by atoms with Gasteiger partial charge >= 0.3 is 0 Å². The number of halogens is 1. The predicted octanol–water partition coefficient (Wildman–Crippen LogP) is 1.30. The fraction of sp³-hybridized carbons (Fsp3) is 0.200. The number of rotatable bonds is 0. The van der Waals surface area contributed by atoms with Gasteiger partial charge in [-0.3, -0.25) is 0 Å². The van der Waals surface area contributed by atoms with Crippen LogP contribution < -0.4 is 10.6 Å². The Balaban J connectivity index is 2.75. The lowest BCUT2D eigenvalue weighted by molar-refractivity contribution is 1.09. The van der Waals surface area contributed by atoms with E-state index < -0.39 is 0 Å². The van der Waals surface area contributed by atoms with Crippen LogP contribution in [0, 0.1) is 0 Å². The van der Waals surface area contributed by atoms with Crippen molar-refractivity contribution in [1.82, 2.24) is 4.98 Å². The van der Waals surface area contributed by atoms with Crippen molar-refractivity contribution in [2.45, 2.75) is 11.2 Å². The Hall–Kier alpha value is -0.760. The largest absolute Gasteiger partial charge is 0.361 e. The fourth-order valence-corrected chi connectivity index (χ4v) is 1.75. The summed E-state index contributed by atoms with van der Waals surface area (Å²) in [6.07, 6.45) is 10.4. The molecular formula is C10H10BrN. The van der Waals surface area contributed by atoms with E-state index in [1.54, 1.807) is 0 Å². The third kappa shape index (κ3) is 1.39. The third-order valence-corrected chi connectivity index (χ3v) is 2.43. The summed E-state index contributed by atoms with van der Waals surface area (Å²) in [5.41, 5.74) is 0. The number of fused-ring (bicyclic) bond motifs is 1. The van der Waals surface area contributed by atoms with E-state index >= 15 is 0 Å². The van der Waals surface area contributed by atoms with Crippen LogP contribution >= 0.6 is 15.9 Å². The summed E-state index contributed by atoms with van der Waals surface area (Å²) in [5.74, 6) is 0. The van der Waals surface area contributed by atoms with Crippen LogP contribution in [0.1, 0.15) is 6.92 Å². The van der Waals surface area contributed by atoms with E-state index in [0.717, 1.165) is 0 Å². The molecule has 1 aliphatic carbocycles. The van der Waals surface area contributed by atoms with E-state index in [-0.39, 0.29) is 4.32 Å². The Morgan fingerprint density at radius 2 is 2.33 bits per heavy atom. The van der Waals surface area contributed by atoms with Crippen molar-refractivity contribution >= 4 is 28.1 Å². The summed E-state index contributed by atoms with van der Waals surface area (Å²) in [7, 11) is 0. The summed E-state index contributed by atoms with van der Waals surface area (Å²) in [6.45, 7) is 2.12. The SMILES string of the molecule is CC1(Br)C=CC=c2[nH]ccc2=C1. The Morgan fingerprint density at radius 1 is 1.50 bits per heavy atom. The summed E-state index contributed by atoms with van der Waals surface area (Å²) in [4.78, 5) is 3.18. The molecule has 0 aliphatic heterocycles. The van der Waals surface area contributed by atoms with E-state index in [1.807, 2.05) is 6.20 Å². The first-order valence-corrected chi connectivity index (χ1v) is 4.71. The molecule has 0 aromatic carbocycles. The molecule has 0 fully saturated rings. The summed E-state index contributed by atoms with van der Waals surface area (Å²) < 4.78 is -0.0169. The molecule has 2 heteroatoms. The Bertz CT molecular complexity index is 423. The molecule has 0 radical (unpaired) electrons. The van der Waals surface area contributed by atoms with Gasteiger partial charge in [0, 0.05) is 11.5 Å². The van der Waals surface area contributed by atoms with Crippen molar-refractivity contribution in [2.24, 2.45) is 0 Å². The second-order valence-electron chi connectivity index (χ2n) is 3.17. The van der Waals surface area contributed by atoms with E-state index in [2.05, 4.69) is 58.2 Å². The van der Waals surface area contributed by atoms with E-state index in [0.29, 0.717) is 0 Å². The van der Waals surface area contributed by atoms with Gasteiger partial charge in [-0.25, -0.2) is 0 Å². The number of alkyl halides is 1. The molecule has 1 nitrogen and oxygen atoms in total. The molecule has 1 heterocycles. The van der Waals surface area contributed by atoms with Gasteiger partial charge in [0.05, 0.1) is 4.32 Å². The van der Waals surface area contributed by atoms with E-state index in [4.69, 9.17) is 0 Å². The highest BCUT2D eigenvalue weighted by Gasteiger charge is 2.12. The zero-order chi connectivity index (χ0) is 8.60. The lowest BCUT2D eigenvalue weighted by Gasteiger charge is -2.09. The lowest BCUT2D eigenvalue weighted by Crippen LogP contribution is -2.24. The van der Waals surface area contributed by atoms with Crippen molar-refractivity contribution in [3.63, 3.8) is 0 Å². The molecule has 0 spiro atoms. The second-order valence-corrected chi connectivity index (χ2v) is 4.88. The highest BCUT2D eigenvalue weighted by Crippen LogP contribution is 2.21. The average molecular weight is 224 g/mol. The van der Waals surface area contributed by atoms with Crippen LogP contribution in [-0.4, -0.2) is 9.31 Å². The van der Waals surface area contributed by atoms with Crippen molar-refractivity contribution < 1.29 is 0 Å². The van der Waals surface area contributed by atoms with Crippen LogP contribution in [0.25, 0.3) is 12.2 Å². The molecule has 0 amide bonds. The van der Waals surface area contributed by atoms with Crippen LogP contribution in [0.4, 0.5) is 0 Å². The molecule has 1 aromatic rings. The minimum absolute atomic E-state index is 0.0169. The van der Waals surface area contributed by atoms with Crippen molar-refractivity contribution in [3.8, 4) is 0 Å². The van der Waals surface area contributed by atoms with Crippen molar-refractivity contribution in [2.75, 3.05) is 0 Å². The van der Waals surface area contributed by atoms with Gasteiger partial charge in [-0.05, 0) is 24.3 Å². The highest BCUT2D eigenvalue weighted by molar-refractivity contribution is 9.10. The third-order valence-electron chi connectivity index (χ3n) is 1.94. The summed E-state index contributed by atoms with van der Waals surface area (Å²) in [6, 6.07) is 2.08. The number of allylic oxidation sites excluding steroid dienone is 2. The first-order valence-electron chi connectivity index (χ1n) is 3.92. The van der Waals surface area contributed by atoms with Crippen molar-refractivity contribution in [3.05, 3.63) is 35.0 Å². The molecule has 2 rings (SSSR count). The maximum atomic E-state index is 3.62. The maximum Gasteiger partial charge on any atom is 0.0600 e. The van der Waals surface area contributed by atoms with Crippen LogP contribution in [0.2, 0.25) is 0 Å². The van der Waals surface area contributed by atoms with E-state index in [1.165, 1.54) is 10.6 Å². The minimum atomic E-state index is -0.0169. The van der Waals surface area contributed by atoms with Crippen LogP contribution in [0.15, 0.2) is 24.4 Å². The zero-order valence-electron chi connectivity index (χ0n) is 6.84. The standard InChI is InChI=1S/C10H10BrN/c1-10(11)5-2-3-9-8(7-10)4-6-12-9/h2-7,12H,1H3. The van der Waals surface area contributed by atoms with Gasteiger partial charge in [-0.2, -0.15) is 0 Å². The Labute approximate surface area is 79.6 Å². The summed E-state index contributed by atoms with van der Waals surface area (Å²) in [5, 5.41) is 2.42. The first-order chi connectivity index (χ1) is 5.67. The number of nitrogens with one attached hydrogen (secondary N) is 1. The molecule has 1 aliphatic rings. The van der Waals surface area contributed by atoms with Gasteiger partial charge in [0.2, 0.25) is 0 Å². The number of H-pyrrole nitrogens is 1. The zero-order valence-corrected chi connectivity index (χ0v) is 8.43. The molecule has 1 atom stereocenters. The number of hydrogen-bond acceptors (Lipinski definition) is 0. The lowest BCUT2D eigenvalue weighted by atomic mass is 10.1. The van der Waals surface area contributed by atoms with Crippen LogP contribution in [-0.2, 0) is 0 Å². The number of aromatic amines is 1. The monoisotopic (exact) mass is 223 g/mol. The molecular weight excluding hydrogens is 214 g/mol. The van der Waals surface area contributed by atoms with Gasteiger partial charge in [-0.15, -0.1) is 0 Å². The molecule has 1 aromatic heterocycles. The van der Waals surface area contributed by atoms with Crippen molar-refractivity contribution in [1.29, 1.82) is 0 Å². The Morgan fingerprint density at radius 3 is 3.17 bits per heavy atom. The highest BCUT2D eigenvalue weighted by atomic mass is 79.9. The number of hydrogen-bond donors (Lipinski definition) is 1. The molecule has 0 bridgehead atoms. The summed E-state index contributed by atoms with van der Waals surface area (Å²) >= 11 is 3.62. The van der Waals surface area contributed by atoms with Gasteiger partial charge in [0.1, 0.15) is 0 Å². The maximum absolute atomic E-state index is 3.62. The van der Waals surface area contributed by atoms with Crippen LogP contribution in [0.5, 0.6) is 0 Å². The Kier molecular flexibility index (Phi) is 1.72. The first kappa shape index (κ1) is 7.87. The molecule has 0 saturated carbocycles.